The molecular weight excluding hydrogens is 350 g/mol. The van der Waals surface area contributed by atoms with E-state index in [-0.39, 0.29) is 11.7 Å². The Bertz CT molecular complexity index is 629. The van der Waals surface area contributed by atoms with E-state index in [4.69, 9.17) is 0 Å². The maximum atomic E-state index is 11.7. The molecule has 0 spiro atoms. The third-order valence-electron chi connectivity index (χ3n) is 2.60. The largest absolute Gasteiger partial charge is 0.272 e. The van der Waals surface area contributed by atoms with Crippen molar-refractivity contribution in [2.75, 3.05) is 5.75 Å². The van der Waals surface area contributed by atoms with Crippen LogP contribution in [0.2, 0.25) is 0 Å². The van der Waals surface area contributed by atoms with Crippen LogP contribution in [0.25, 0.3) is 0 Å². The number of hydrogen-bond donors (Lipinski definition) is 1. The molecule has 1 aromatic heterocycles. The van der Waals surface area contributed by atoms with Gasteiger partial charge in [-0.1, -0.05) is 45.9 Å². The van der Waals surface area contributed by atoms with Gasteiger partial charge in [0.05, 0.1) is 16.5 Å². The summed E-state index contributed by atoms with van der Waals surface area (Å²) in [5.74, 6) is 0.135. The maximum Gasteiger partial charge on any atom is 0.250 e. The fourth-order valence-electron chi connectivity index (χ4n) is 1.51. The average molecular weight is 364 g/mol. The zero-order chi connectivity index (χ0) is 15.1. The normalized spacial score (nSPS) is 11.2. The van der Waals surface area contributed by atoms with Crippen molar-refractivity contribution in [2.24, 2.45) is 5.10 Å². The molecule has 0 saturated heterocycles. The molecule has 1 N–H and O–H groups in total. The van der Waals surface area contributed by atoms with Gasteiger partial charge in [-0.25, -0.2) is 10.4 Å². The number of amides is 1. The highest BCUT2D eigenvalue weighted by molar-refractivity contribution is 9.10. The number of halogens is 1. The minimum atomic E-state index is -0.151. The Hall–Kier alpha value is -1.66. The van der Waals surface area contributed by atoms with Gasteiger partial charge in [0, 0.05) is 10.7 Å². The van der Waals surface area contributed by atoms with Crippen LogP contribution in [0.5, 0.6) is 0 Å². The molecule has 0 radical (unpaired) electrons. The molecule has 21 heavy (non-hydrogen) atoms. The number of nitrogens with one attached hydrogen (secondary N) is 1. The second-order valence-electron chi connectivity index (χ2n) is 4.20. The van der Waals surface area contributed by atoms with E-state index < -0.39 is 0 Å². The van der Waals surface area contributed by atoms with Crippen LogP contribution < -0.4 is 5.43 Å². The molecule has 4 nitrogen and oxygen atoms in total. The Morgan fingerprint density at radius 3 is 2.71 bits per heavy atom. The van der Waals surface area contributed by atoms with Gasteiger partial charge in [0.2, 0.25) is 5.91 Å². The van der Waals surface area contributed by atoms with E-state index >= 15 is 0 Å². The van der Waals surface area contributed by atoms with Crippen molar-refractivity contribution in [1.82, 2.24) is 10.4 Å². The number of nitrogens with zero attached hydrogens (tertiary/aromatic N) is 2. The maximum absolute atomic E-state index is 11.7. The second kappa shape index (κ2) is 7.95. The van der Waals surface area contributed by atoms with E-state index in [2.05, 4.69) is 31.4 Å². The topological polar surface area (TPSA) is 54.4 Å². The third kappa shape index (κ3) is 5.32. The lowest BCUT2D eigenvalue weighted by atomic mass is 10.1. The van der Waals surface area contributed by atoms with E-state index in [1.807, 2.05) is 49.4 Å². The van der Waals surface area contributed by atoms with Gasteiger partial charge < -0.3 is 0 Å². The number of rotatable bonds is 5. The minimum Gasteiger partial charge on any atom is -0.272 e. The van der Waals surface area contributed by atoms with Crippen molar-refractivity contribution >= 4 is 39.3 Å². The third-order valence-corrected chi connectivity index (χ3v) is 4.07. The molecule has 0 fully saturated rings. The monoisotopic (exact) mass is 363 g/mol. The summed E-state index contributed by atoms with van der Waals surface area (Å²) >= 11 is 4.76. The Morgan fingerprint density at radius 2 is 2.05 bits per heavy atom. The van der Waals surface area contributed by atoms with Crippen molar-refractivity contribution in [3.8, 4) is 0 Å². The van der Waals surface area contributed by atoms with Crippen molar-refractivity contribution in [3.05, 3.63) is 58.7 Å². The number of thioether (sulfide) groups is 1. The summed E-state index contributed by atoms with van der Waals surface area (Å²) in [5.41, 5.74) is 4.29. The van der Waals surface area contributed by atoms with E-state index in [1.165, 1.54) is 11.8 Å². The number of hydrogen-bond acceptors (Lipinski definition) is 4. The van der Waals surface area contributed by atoms with Crippen LogP contribution in [0.4, 0.5) is 0 Å². The molecule has 0 aliphatic carbocycles. The first-order valence-electron chi connectivity index (χ1n) is 6.28. The van der Waals surface area contributed by atoms with Gasteiger partial charge >= 0.3 is 0 Å². The lowest BCUT2D eigenvalue weighted by Crippen LogP contribution is -2.21. The molecule has 0 unspecified atom stereocenters. The first-order chi connectivity index (χ1) is 10.1. The zero-order valence-corrected chi connectivity index (χ0v) is 13.8. The first kappa shape index (κ1) is 15.7. The number of hydrazone groups is 1. The predicted octanol–water partition coefficient (Wildman–Crippen LogP) is 3.48. The van der Waals surface area contributed by atoms with Crippen molar-refractivity contribution in [3.63, 3.8) is 0 Å². The number of carbonyl (C=O) groups excluding carboxylic acids is 1. The molecule has 2 rings (SSSR count). The van der Waals surface area contributed by atoms with Crippen molar-refractivity contribution < 1.29 is 4.79 Å². The molecule has 1 amide bonds. The first-order valence-corrected chi connectivity index (χ1v) is 8.06. The van der Waals surface area contributed by atoms with Crippen LogP contribution in [0.1, 0.15) is 12.5 Å². The molecule has 108 valence electrons. The van der Waals surface area contributed by atoms with E-state index in [1.54, 1.807) is 6.20 Å². The Balaban J connectivity index is 1.85. The Kier molecular flexibility index (Phi) is 5.95. The van der Waals surface area contributed by atoms with Crippen LogP contribution >= 0.6 is 27.7 Å². The predicted molar refractivity (Wildman–Crippen MR) is 89.5 cm³/mol. The van der Waals surface area contributed by atoms with Crippen LogP contribution in [0.15, 0.2) is 63.3 Å². The molecule has 6 heteroatoms. The van der Waals surface area contributed by atoms with Gasteiger partial charge in [0.15, 0.2) is 0 Å². The van der Waals surface area contributed by atoms with Crippen LogP contribution in [-0.4, -0.2) is 22.4 Å². The van der Waals surface area contributed by atoms with E-state index in [0.717, 1.165) is 20.8 Å². The smallest absolute Gasteiger partial charge is 0.250 e. The van der Waals surface area contributed by atoms with Gasteiger partial charge in [-0.15, -0.1) is 0 Å². The number of pyridine rings is 1. The fraction of sp³-hybridized carbons (Fsp3) is 0.133. The quantitative estimate of drug-likeness (QED) is 0.502. The molecule has 1 heterocycles. The van der Waals surface area contributed by atoms with Gasteiger partial charge in [-0.3, -0.25) is 4.79 Å². The summed E-state index contributed by atoms with van der Waals surface area (Å²) in [4.78, 5) is 15.9. The summed E-state index contributed by atoms with van der Waals surface area (Å²) in [6.07, 6.45) is 1.70. The molecule has 0 aliphatic rings. The van der Waals surface area contributed by atoms with E-state index in [9.17, 15) is 4.79 Å². The van der Waals surface area contributed by atoms with Gasteiger partial charge in [-0.2, -0.15) is 5.10 Å². The Morgan fingerprint density at radius 1 is 1.29 bits per heavy atom. The van der Waals surface area contributed by atoms with Crippen molar-refractivity contribution in [2.45, 2.75) is 11.9 Å². The summed E-state index contributed by atoms with van der Waals surface area (Å²) < 4.78 is 1.01. The molecule has 0 aliphatic heterocycles. The van der Waals surface area contributed by atoms with Gasteiger partial charge in [-0.05, 0) is 36.8 Å². The molecule has 0 atom stereocenters. The summed E-state index contributed by atoms with van der Waals surface area (Å²) in [7, 11) is 0. The Labute approximate surface area is 136 Å². The van der Waals surface area contributed by atoms with Crippen LogP contribution in [0.3, 0.4) is 0 Å². The zero-order valence-electron chi connectivity index (χ0n) is 11.4. The second-order valence-corrected chi connectivity index (χ2v) is 6.11. The number of carbonyl (C=O) groups is 1. The van der Waals surface area contributed by atoms with E-state index in [0.29, 0.717) is 0 Å². The highest BCUT2D eigenvalue weighted by Crippen LogP contribution is 2.13. The lowest BCUT2D eigenvalue weighted by Gasteiger charge is -2.03. The summed E-state index contributed by atoms with van der Waals surface area (Å²) in [5, 5.41) is 4.92. The molecule has 0 saturated carbocycles. The SMILES string of the molecule is C/C(=N/NC(=O)CSc1ccccn1)c1ccc(Br)cc1. The van der Waals surface area contributed by atoms with Crippen LogP contribution in [-0.2, 0) is 4.79 Å². The summed E-state index contributed by atoms with van der Waals surface area (Å²) in [6.45, 7) is 1.86. The summed E-state index contributed by atoms with van der Waals surface area (Å²) in [6, 6.07) is 13.4. The van der Waals surface area contributed by atoms with Gasteiger partial charge in [0.25, 0.3) is 0 Å². The average Bonchev–Trinajstić information content (AvgIpc) is 2.52. The van der Waals surface area contributed by atoms with Crippen LogP contribution in [0, 0.1) is 0 Å². The molecular formula is C15H14BrN3OS. The molecule has 2 aromatic rings. The van der Waals surface area contributed by atoms with Gasteiger partial charge in [0.1, 0.15) is 0 Å². The standard InChI is InChI=1S/C15H14BrN3OS/c1-11(12-5-7-13(16)8-6-12)18-19-14(20)10-21-15-4-2-3-9-17-15/h2-9H,10H2,1H3,(H,19,20)/b18-11-. The van der Waals surface area contributed by atoms with Crippen molar-refractivity contribution in [1.29, 1.82) is 0 Å². The number of aromatic nitrogens is 1. The number of benzene rings is 1. The molecule has 1 aromatic carbocycles. The highest BCUT2D eigenvalue weighted by atomic mass is 79.9. The minimum absolute atomic E-state index is 0.151. The highest BCUT2D eigenvalue weighted by Gasteiger charge is 2.03. The fourth-order valence-corrected chi connectivity index (χ4v) is 2.42. The lowest BCUT2D eigenvalue weighted by molar-refractivity contribution is -0.118. The molecule has 0 bridgehead atoms.